The monoisotopic (exact) mass is 715 g/mol. The molecule has 3 aliphatic heterocycles. The molecule has 260 valence electrons. The van der Waals surface area contributed by atoms with E-state index < -0.39 is 0 Å². The van der Waals surface area contributed by atoms with E-state index in [0.29, 0.717) is 71.4 Å². The zero-order valence-corrected chi connectivity index (χ0v) is 29.5. The Balaban J connectivity index is 1.13. The lowest BCUT2D eigenvalue weighted by Gasteiger charge is -2.30. The maximum Gasteiger partial charge on any atom is 0.221 e. The molecule has 0 unspecified atom stereocenters. The van der Waals surface area contributed by atoms with E-state index in [4.69, 9.17) is 47.6 Å². The summed E-state index contributed by atoms with van der Waals surface area (Å²) in [6.45, 7) is 3.49. The van der Waals surface area contributed by atoms with Crippen LogP contribution in [-0.2, 0) is 29.1 Å². The molecule has 2 aromatic carbocycles. The van der Waals surface area contributed by atoms with Crippen LogP contribution in [0.4, 0.5) is 0 Å². The van der Waals surface area contributed by atoms with Gasteiger partial charge < -0.3 is 25.4 Å². The summed E-state index contributed by atoms with van der Waals surface area (Å²) in [7, 11) is 3.22. The van der Waals surface area contributed by atoms with Crippen molar-refractivity contribution in [2.24, 2.45) is 0 Å². The number of aromatic nitrogens is 3. The normalized spacial score (nSPS) is 18.9. The lowest BCUT2D eigenvalue weighted by molar-refractivity contribution is -0.120. The predicted octanol–water partition coefficient (Wildman–Crippen LogP) is 5.20. The number of halogens is 2. The minimum absolute atomic E-state index is 0.0979. The smallest absolute Gasteiger partial charge is 0.221 e. The molecule has 0 radical (unpaired) electrons. The molecular formula is C37H39Cl2N7O4. The maximum atomic E-state index is 11.7. The molecule has 5 heterocycles. The number of pyridine rings is 1. The van der Waals surface area contributed by atoms with E-state index in [1.165, 1.54) is 0 Å². The van der Waals surface area contributed by atoms with Crippen LogP contribution in [0.25, 0.3) is 33.8 Å². The largest absolute Gasteiger partial charge is 0.481 e. The zero-order chi connectivity index (χ0) is 34.8. The summed E-state index contributed by atoms with van der Waals surface area (Å²) >= 11 is 14.3. The highest BCUT2D eigenvalue weighted by molar-refractivity contribution is 6.39. The van der Waals surface area contributed by atoms with Crippen molar-refractivity contribution in [2.75, 3.05) is 33.9 Å². The molecule has 0 aliphatic carbocycles. The van der Waals surface area contributed by atoms with Gasteiger partial charge in [0.25, 0.3) is 0 Å². The van der Waals surface area contributed by atoms with Crippen LogP contribution in [0.1, 0.15) is 42.5 Å². The SMILES string of the molecule is COc1nc(-c2cccc(-c3cccc(-c4nc5c(c(OC)n4)CN(C[C@@H]4CCC(=O)N4)CC5)c3Cl)c2Cl)ccc1CNC[C@H]1CCC(=O)N1. The fourth-order valence-electron chi connectivity index (χ4n) is 7.00. The number of carbonyl (C=O) groups is 2. The molecule has 2 amide bonds. The van der Waals surface area contributed by atoms with Crippen molar-refractivity contribution in [2.45, 2.75) is 57.3 Å². The second-order valence-corrected chi connectivity index (χ2v) is 13.7. The molecule has 0 spiro atoms. The highest BCUT2D eigenvalue weighted by Gasteiger charge is 2.29. The highest BCUT2D eigenvalue weighted by atomic mass is 35.5. The molecule has 2 aromatic heterocycles. The Bertz CT molecular complexity index is 1920. The Morgan fingerprint density at radius 1 is 0.800 bits per heavy atom. The van der Waals surface area contributed by atoms with E-state index in [1.54, 1.807) is 14.2 Å². The Morgan fingerprint density at radius 3 is 2.14 bits per heavy atom. The first kappa shape index (κ1) is 34.2. The number of nitrogens with one attached hydrogen (secondary N) is 3. The number of fused-ring (bicyclic) bond motifs is 1. The summed E-state index contributed by atoms with van der Waals surface area (Å²) in [5.41, 5.74) is 6.38. The van der Waals surface area contributed by atoms with Crippen LogP contribution in [-0.4, -0.2) is 77.6 Å². The molecule has 2 saturated heterocycles. The molecule has 3 aliphatic rings. The molecule has 4 aromatic rings. The summed E-state index contributed by atoms with van der Waals surface area (Å²) < 4.78 is 11.4. The second-order valence-electron chi connectivity index (χ2n) is 12.9. The highest BCUT2D eigenvalue weighted by Crippen LogP contribution is 2.42. The third-order valence-corrected chi connectivity index (χ3v) is 10.4. The van der Waals surface area contributed by atoms with Crippen LogP contribution in [0.2, 0.25) is 10.0 Å². The molecule has 2 fully saturated rings. The van der Waals surface area contributed by atoms with E-state index in [2.05, 4.69) is 20.9 Å². The Hall–Kier alpha value is -4.29. The van der Waals surface area contributed by atoms with Crippen molar-refractivity contribution < 1.29 is 19.1 Å². The minimum Gasteiger partial charge on any atom is -0.481 e. The third kappa shape index (κ3) is 7.14. The fraction of sp³-hybridized carbons (Fsp3) is 0.378. The van der Waals surface area contributed by atoms with Crippen LogP contribution in [0.5, 0.6) is 11.8 Å². The van der Waals surface area contributed by atoms with E-state index in [1.807, 2.05) is 48.5 Å². The summed E-state index contributed by atoms with van der Waals surface area (Å²) in [5, 5.41) is 10.4. The predicted molar refractivity (Wildman–Crippen MR) is 192 cm³/mol. The number of amides is 2. The van der Waals surface area contributed by atoms with Gasteiger partial charge in [-0.15, -0.1) is 0 Å². The van der Waals surface area contributed by atoms with Gasteiger partial charge in [-0.25, -0.2) is 9.97 Å². The Labute approximate surface area is 301 Å². The van der Waals surface area contributed by atoms with Gasteiger partial charge in [0.1, 0.15) is 0 Å². The zero-order valence-electron chi connectivity index (χ0n) is 28.0. The van der Waals surface area contributed by atoms with Gasteiger partial charge in [-0.2, -0.15) is 4.98 Å². The van der Waals surface area contributed by atoms with Crippen molar-refractivity contribution in [3.8, 4) is 45.5 Å². The summed E-state index contributed by atoms with van der Waals surface area (Å²) in [6, 6.07) is 15.8. The van der Waals surface area contributed by atoms with Gasteiger partial charge in [-0.3, -0.25) is 14.5 Å². The number of carbonyl (C=O) groups excluding carboxylic acids is 2. The standard InChI is InChI=1S/C37H39Cl2N7O4/c1-49-36-21(17-40-18-22-10-13-31(47)41-22)9-12-29(44-36)26-7-3-5-24(33(26)38)25-6-4-8-27(34(25)39)35-43-30-15-16-46(19-23-11-14-32(48)42-23)20-28(30)37(45-35)50-2/h3-9,12,22-23,40H,10-11,13-20H2,1-2H3,(H,41,47)(H,42,48)/t22-,23+/m1/s1. The van der Waals surface area contributed by atoms with Gasteiger partial charge in [-0.05, 0) is 25.0 Å². The van der Waals surface area contributed by atoms with Gasteiger partial charge in [0.05, 0.1) is 35.7 Å². The molecule has 2 atom stereocenters. The first-order chi connectivity index (χ1) is 24.3. The van der Waals surface area contributed by atoms with Crippen molar-refractivity contribution in [3.05, 3.63) is 75.4 Å². The van der Waals surface area contributed by atoms with Gasteiger partial charge >= 0.3 is 0 Å². The van der Waals surface area contributed by atoms with Crippen LogP contribution in [0.15, 0.2) is 48.5 Å². The maximum absolute atomic E-state index is 11.7. The number of hydrogen-bond acceptors (Lipinski definition) is 9. The van der Waals surface area contributed by atoms with E-state index in [9.17, 15) is 9.59 Å². The van der Waals surface area contributed by atoms with E-state index >= 15 is 0 Å². The molecule has 11 nitrogen and oxygen atoms in total. The van der Waals surface area contributed by atoms with Crippen LogP contribution < -0.4 is 25.4 Å². The molecule has 50 heavy (non-hydrogen) atoms. The quantitative estimate of drug-likeness (QED) is 0.192. The molecule has 7 rings (SSSR count). The fourth-order valence-corrected chi connectivity index (χ4v) is 7.64. The van der Waals surface area contributed by atoms with Crippen molar-refractivity contribution >= 4 is 35.0 Å². The van der Waals surface area contributed by atoms with E-state index in [-0.39, 0.29) is 23.9 Å². The second kappa shape index (κ2) is 14.9. The number of methoxy groups -OCH3 is 2. The van der Waals surface area contributed by atoms with E-state index in [0.717, 1.165) is 65.9 Å². The average molecular weight is 717 g/mol. The molecular weight excluding hydrogens is 677 g/mol. The van der Waals surface area contributed by atoms with Crippen LogP contribution in [0.3, 0.4) is 0 Å². The minimum atomic E-state index is 0.0979. The van der Waals surface area contributed by atoms with Crippen molar-refractivity contribution in [3.63, 3.8) is 0 Å². The number of rotatable bonds is 11. The molecule has 0 bridgehead atoms. The summed E-state index contributed by atoms with van der Waals surface area (Å²) in [5.74, 6) is 1.73. The number of ether oxygens (including phenoxy) is 2. The number of nitrogens with zero attached hydrogens (tertiary/aromatic N) is 4. The lowest BCUT2D eigenvalue weighted by atomic mass is 9.98. The van der Waals surface area contributed by atoms with Crippen molar-refractivity contribution in [1.29, 1.82) is 0 Å². The molecule has 13 heteroatoms. The van der Waals surface area contributed by atoms with Crippen molar-refractivity contribution in [1.82, 2.24) is 35.8 Å². The Morgan fingerprint density at radius 2 is 1.46 bits per heavy atom. The van der Waals surface area contributed by atoms with Gasteiger partial charge in [-0.1, -0.05) is 59.6 Å². The lowest BCUT2D eigenvalue weighted by Crippen LogP contribution is -2.41. The van der Waals surface area contributed by atoms with Gasteiger partial charge in [0.2, 0.25) is 23.6 Å². The topological polar surface area (TPSA) is 131 Å². The summed E-state index contributed by atoms with van der Waals surface area (Å²) in [4.78, 5) is 40.1. The average Bonchev–Trinajstić information content (AvgIpc) is 3.74. The molecule has 3 N–H and O–H groups in total. The first-order valence-corrected chi connectivity index (χ1v) is 17.6. The summed E-state index contributed by atoms with van der Waals surface area (Å²) in [6.07, 6.45) is 3.58. The first-order valence-electron chi connectivity index (χ1n) is 16.9. The number of hydrogen-bond donors (Lipinski definition) is 3. The van der Waals surface area contributed by atoms with Crippen LogP contribution in [0, 0.1) is 0 Å². The van der Waals surface area contributed by atoms with Crippen LogP contribution >= 0.6 is 23.2 Å². The number of benzene rings is 2. The van der Waals surface area contributed by atoms with Gasteiger partial charge in [0.15, 0.2) is 5.82 Å². The third-order valence-electron chi connectivity index (χ3n) is 9.59. The molecule has 0 saturated carbocycles. The van der Waals surface area contributed by atoms with Gasteiger partial charge in [0, 0.05) is 97.5 Å². The Kier molecular flexibility index (Phi) is 10.2.